The molecule has 0 fully saturated rings. The molecule has 0 amide bonds. The molecule has 1 unspecified atom stereocenters. The van der Waals surface area contributed by atoms with E-state index in [1.807, 2.05) is 0 Å². The van der Waals surface area contributed by atoms with Crippen LogP contribution in [0.25, 0.3) is 6.08 Å². The summed E-state index contributed by atoms with van der Waals surface area (Å²) in [6, 6.07) is 0. The Balaban J connectivity index is 2.49. The van der Waals surface area contributed by atoms with Gasteiger partial charge in [0.25, 0.3) is 0 Å². The van der Waals surface area contributed by atoms with Gasteiger partial charge in [-0.15, -0.1) is 17.9 Å². The molecule has 1 aromatic heterocycles. The molecule has 0 saturated heterocycles. The monoisotopic (exact) mass is 399 g/mol. The van der Waals surface area contributed by atoms with E-state index in [1.165, 1.54) is 11.3 Å². The molecule has 0 saturated carbocycles. The van der Waals surface area contributed by atoms with Gasteiger partial charge in [-0.05, 0) is 25.0 Å². The average Bonchev–Trinajstić information content (AvgIpc) is 2.90. The molecule has 0 spiro atoms. The number of aliphatic hydroxyl groups excluding tert-OH is 1. The Kier molecular flexibility index (Phi) is 8.36. The molecule has 0 aromatic carbocycles. The lowest BCUT2D eigenvalue weighted by molar-refractivity contribution is 0.0511. The van der Waals surface area contributed by atoms with Crippen LogP contribution in [-0.4, -0.2) is 32.7 Å². The molecule has 23 heavy (non-hydrogen) atoms. The second kappa shape index (κ2) is 9.49. The van der Waals surface area contributed by atoms with Crippen LogP contribution in [-0.2, 0) is 16.1 Å². The van der Waals surface area contributed by atoms with Crippen LogP contribution >= 0.6 is 46.1 Å². The molecular weight excluding hydrogens is 385 g/mol. The second-order valence-corrected chi connectivity index (χ2v) is 8.00. The summed E-state index contributed by atoms with van der Waals surface area (Å²) < 4.78 is 7.80. The van der Waals surface area contributed by atoms with Gasteiger partial charge in [-0.1, -0.05) is 40.9 Å². The summed E-state index contributed by atoms with van der Waals surface area (Å²) in [6.07, 6.45) is 2.34. The number of carbonyl (C=O) groups excluding carboxylic acids is 1. The molecule has 1 atom stereocenters. The first-order chi connectivity index (χ1) is 10.7. The summed E-state index contributed by atoms with van der Waals surface area (Å²) >= 11 is 17.7. The minimum Gasteiger partial charge on any atom is -0.430 e. The van der Waals surface area contributed by atoms with Crippen molar-refractivity contribution in [3.63, 3.8) is 0 Å². The number of aliphatic hydroxyl groups is 1. The number of hydrogen-bond acceptors (Lipinski definition) is 6. The van der Waals surface area contributed by atoms with Crippen LogP contribution in [0.2, 0.25) is 0 Å². The average molecular weight is 401 g/mol. The van der Waals surface area contributed by atoms with Crippen LogP contribution in [0.4, 0.5) is 4.79 Å². The number of alkyl halides is 3. The Morgan fingerprint density at radius 2 is 2.22 bits per heavy atom. The summed E-state index contributed by atoms with van der Waals surface area (Å²) in [4.78, 5) is 15.6. The van der Waals surface area contributed by atoms with Gasteiger partial charge in [-0.2, -0.15) is 0 Å². The Morgan fingerprint density at radius 1 is 1.52 bits per heavy atom. The predicted molar refractivity (Wildman–Crippen MR) is 93.0 cm³/mol. The van der Waals surface area contributed by atoms with Gasteiger partial charge in [0.1, 0.15) is 18.2 Å². The molecule has 1 rings (SSSR count). The third-order valence-electron chi connectivity index (χ3n) is 2.53. The molecule has 0 aliphatic rings. The number of rotatable bonds is 7. The van der Waals surface area contributed by atoms with Crippen molar-refractivity contribution in [3.05, 3.63) is 34.3 Å². The highest BCUT2D eigenvalue weighted by Gasteiger charge is 2.22. The molecule has 0 aliphatic heterocycles. The highest BCUT2D eigenvalue weighted by molar-refractivity contribution is 7.09. The first kappa shape index (κ1) is 20.3. The van der Waals surface area contributed by atoms with Crippen molar-refractivity contribution < 1.29 is 19.4 Å². The van der Waals surface area contributed by atoms with E-state index in [2.05, 4.69) is 16.3 Å². The van der Waals surface area contributed by atoms with Crippen molar-refractivity contribution >= 4 is 58.4 Å². The number of aromatic nitrogens is 1. The van der Waals surface area contributed by atoms with Gasteiger partial charge in [0.2, 0.25) is 3.79 Å². The first-order valence-corrected chi connectivity index (χ1v) is 8.50. The molecule has 5 nitrogen and oxygen atoms in total. The van der Waals surface area contributed by atoms with Crippen LogP contribution in [0.3, 0.4) is 0 Å². The highest BCUT2D eigenvalue weighted by Crippen LogP contribution is 2.26. The lowest BCUT2D eigenvalue weighted by Crippen LogP contribution is -2.17. The van der Waals surface area contributed by atoms with E-state index < -0.39 is 22.7 Å². The Hall–Kier alpha value is -0.790. The summed E-state index contributed by atoms with van der Waals surface area (Å²) in [5, 5.41) is 12.2. The predicted octanol–water partition coefficient (Wildman–Crippen LogP) is 4.51. The highest BCUT2D eigenvalue weighted by atomic mass is 35.6. The topological polar surface area (TPSA) is 68.7 Å². The second-order valence-electron chi connectivity index (χ2n) is 4.54. The Morgan fingerprint density at radius 3 is 2.83 bits per heavy atom. The molecule has 128 valence electrons. The quantitative estimate of drug-likeness (QED) is 0.414. The van der Waals surface area contributed by atoms with Crippen LogP contribution < -0.4 is 0 Å². The van der Waals surface area contributed by atoms with Crippen molar-refractivity contribution in [2.45, 2.75) is 29.8 Å². The van der Waals surface area contributed by atoms with Crippen LogP contribution in [0.5, 0.6) is 0 Å². The van der Waals surface area contributed by atoms with Crippen LogP contribution in [0.15, 0.2) is 23.6 Å². The van der Waals surface area contributed by atoms with E-state index in [9.17, 15) is 9.90 Å². The Bertz CT molecular complexity index is 569. The number of thiazole rings is 1. The van der Waals surface area contributed by atoms with E-state index in [0.717, 1.165) is 5.57 Å². The summed E-state index contributed by atoms with van der Waals surface area (Å²) in [6.45, 7) is 4.93. The summed E-state index contributed by atoms with van der Waals surface area (Å²) in [5.41, 5.74) is 1.44. The fourth-order valence-corrected chi connectivity index (χ4v) is 2.26. The molecule has 9 heteroatoms. The first-order valence-electron chi connectivity index (χ1n) is 6.49. The SMILES string of the molecule is C=CCC(O)/C(C)=C/c1csc(COC(=O)OCC(Cl)(Cl)Cl)n1. The van der Waals surface area contributed by atoms with E-state index in [1.54, 1.807) is 24.5 Å². The molecule has 0 bridgehead atoms. The minimum atomic E-state index is -1.68. The fourth-order valence-electron chi connectivity index (χ4n) is 1.43. The maximum atomic E-state index is 11.3. The number of carbonyl (C=O) groups is 1. The molecule has 0 radical (unpaired) electrons. The largest absolute Gasteiger partial charge is 0.508 e. The third-order valence-corrected chi connectivity index (χ3v) is 3.70. The van der Waals surface area contributed by atoms with E-state index in [-0.39, 0.29) is 6.61 Å². The van der Waals surface area contributed by atoms with Gasteiger partial charge in [-0.3, -0.25) is 0 Å². The van der Waals surface area contributed by atoms with Gasteiger partial charge in [0, 0.05) is 5.38 Å². The molecule has 1 aromatic rings. The van der Waals surface area contributed by atoms with Gasteiger partial charge >= 0.3 is 6.16 Å². The van der Waals surface area contributed by atoms with Gasteiger partial charge in [0.05, 0.1) is 11.8 Å². The zero-order valence-electron chi connectivity index (χ0n) is 12.3. The van der Waals surface area contributed by atoms with E-state index in [0.29, 0.717) is 17.1 Å². The standard InChI is InChI=1S/C14H16Cl3NO4S/c1-3-4-11(19)9(2)5-10-7-23-12(18-10)6-21-13(20)22-8-14(15,16)17/h3,5,7,11,19H,1,4,6,8H2,2H3/b9-5+. The normalized spacial score (nSPS) is 13.5. The third kappa shape index (κ3) is 8.58. The summed E-state index contributed by atoms with van der Waals surface area (Å²) in [7, 11) is 0. The van der Waals surface area contributed by atoms with Crippen molar-refractivity contribution in [2.75, 3.05) is 6.61 Å². The molecule has 1 heterocycles. The molecule has 0 aliphatic carbocycles. The maximum absolute atomic E-state index is 11.3. The number of halogens is 3. The van der Waals surface area contributed by atoms with Gasteiger partial charge in [0.15, 0.2) is 0 Å². The summed E-state index contributed by atoms with van der Waals surface area (Å²) in [5.74, 6) is 0. The smallest absolute Gasteiger partial charge is 0.430 e. The number of ether oxygens (including phenoxy) is 2. The minimum absolute atomic E-state index is 0.0501. The van der Waals surface area contributed by atoms with Crippen molar-refractivity contribution in [1.82, 2.24) is 4.98 Å². The van der Waals surface area contributed by atoms with E-state index >= 15 is 0 Å². The van der Waals surface area contributed by atoms with E-state index in [4.69, 9.17) is 39.5 Å². The molecular formula is C14H16Cl3NO4S. The number of nitrogens with zero attached hydrogens (tertiary/aromatic N) is 1. The number of hydrogen-bond donors (Lipinski definition) is 1. The van der Waals surface area contributed by atoms with Crippen molar-refractivity contribution in [1.29, 1.82) is 0 Å². The van der Waals surface area contributed by atoms with Crippen molar-refractivity contribution in [2.24, 2.45) is 0 Å². The fraction of sp³-hybridized carbons (Fsp3) is 0.429. The lowest BCUT2D eigenvalue weighted by Gasteiger charge is -2.10. The van der Waals surface area contributed by atoms with Gasteiger partial charge in [-0.25, -0.2) is 9.78 Å². The Labute approximate surface area is 153 Å². The maximum Gasteiger partial charge on any atom is 0.508 e. The molecule has 1 N–H and O–H groups in total. The lowest BCUT2D eigenvalue weighted by atomic mass is 10.1. The van der Waals surface area contributed by atoms with Crippen LogP contribution in [0, 0.1) is 0 Å². The zero-order chi connectivity index (χ0) is 17.5. The van der Waals surface area contributed by atoms with Crippen molar-refractivity contribution in [3.8, 4) is 0 Å². The zero-order valence-corrected chi connectivity index (χ0v) is 15.4. The van der Waals surface area contributed by atoms with Crippen LogP contribution in [0.1, 0.15) is 24.0 Å². The van der Waals surface area contributed by atoms with Gasteiger partial charge < -0.3 is 14.6 Å².